The highest BCUT2D eigenvalue weighted by Gasteiger charge is 2.49. The van der Waals surface area contributed by atoms with E-state index < -0.39 is 5.41 Å². The lowest BCUT2D eigenvalue weighted by Crippen LogP contribution is -2.29. The molecule has 0 N–H and O–H groups in total. The van der Waals surface area contributed by atoms with E-state index in [1.165, 1.54) is 66.8 Å². The maximum absolute atomic E-state index is 5.24. The SMILES string of the molecule is c1ccc(-c2ccc(-c3nc(-c4ccc(-c5ccccc5)cc4)nc(-c4ccc5c(c4)-c4ccccc4C54c5ccccc5-c5ccccc5-c5ccccc54)n3)cc2)cc1. The van der Waals surface area contributed by atoms with Crippen molar-refractivity contribution in [1.29, 1.82) is 0 Å². The molecule has 0 radical (unpaired) electrons. The summed E-state index contributed by atoms with van der Waals surface area (Å²) >= 11 is 0. The van der Waals surface area contributed by atoms with Gasteiger partial charge in [-0.05, 0) is 84.0 Å². The average Bonchev–Trinajstić information content (AvgIpc) is 3.58. The standard InChI is InChI=1S/C58H37N3/c1-3-15-38(16-4-1)40-27-31-42(32-28-40)55-59-56(43-33-29-41(30-34-43)39-17-5-2-6-18-39)61-57(60-55)44-35-36-54-50(37-44)49-23-11-14-26-53(49)58(54)51-24-12-9-21-47(51)45-19-7-8-20-46(45)48-22-10-13-25-52(48)58/h1-37H. The maximum atomic E-state index is 5.24. The minimum atomic E-state index is -0.549. The van der Waals surface area contributed by atoms with Crippen LogP contribution in [0.15, 0.2) is 224 Å². The Hall–Kier alpha value is -8.01. The minimum absolute atomic E-state index is 0.549. The first-order valence-electron chi connectivity index (χ1n) is 20.9. The Labute approximate surface area is 355 Å². The van der Waals surface area contributed by atoms with Crippen molar-refractivity contribution in [3.63, 3.8) is 0 Å². The molecule has 1 aromatic heterocycles. The van der Waals surface area contributed by atoms with E-state index in [4.69, 9.17) is 15.0 Å². The smallest absolute Gasteiger partial charge is 0.164 e. The summed E-state index contributed by atoms with van der Waals surface area (Å²) in [5.74, 6) is 1.90. The Balaban J connectivity index is 1.05. The van der Waals surface area contributed by atoms with E-state index in [9.17, 15) is 0 Å². The molecule has 3 heteroatoms. The van der Waals surface area contributed by atoms with Crippen LogP contribution in [0.3, 0.4) is 0 Å². The molecule has 1 heterocycles. The van der Waals surface area contributed by atoms with Crippen molar-refractivity contribution in [1.82, 2.24) is 15.0 Å². The van der Waals surface area contributed by atoms with Crippen molar-refractivity contribution in [2.24, 2.45) is 0 Å². The molecular weight excluding hydrogens is 739 g/mol. The molecule has 2 aliphatic rings. The Kier molecular flexibility index (Phi) is 8.07. The fourth-order valence-electron chi connectivity index (χ4n) is 9.84. The van der Waals surface area contributed by atoms with Crippen LogP contribution >= 0.6 is 0 Å². The van der Waals surface area contributed by atoms with Crippen LogP contribution in [-0.4, -0.2) is 15.0 Å². The molecule has 1 spiro atoms. The van der Waals surface area contributed by atoms with Gasteiger partial charge in [0.1, 0.15) is 0 Å². The van der Waals surface area contributed by atoms with E-state index in [2.05, 4.69) is 212 Å². The zero-order valence-corrected chi connectivity index (χ0v) is 33.2. The molecule has 0 amide bonds. The van der Waals surface area contributed by atoms with Crippen LogP contribution in [-0.2, 0) is 5.41 Å². The zero-order valence-electron chi connectivity index (χ0n) is 33.2. The highest BCUT2D eigenvalue weighted by atomic mass is 15.0. The second-order valence-corrected chi connectivity index (χ2v) is 15.9. The number of hydrogen-bond acceptors (Lipinski definition) is 3. The van der Waals surface area contributed by atoms with Gasteiger partial charge in [-0.15, -0.1) is 0 Å². The highest BCUT2D eigenvalue weighted by Crippen LogP contribution is 2.61. The Morgan fingerprint density at radius 3 is 0.951 bits per heavy atom. The summed E-state index contributed by atoms with van der Waals surface area (Å²) in [6, 6.07) is 80.6. The zero-order chi connectivity index (χ0) is 40.3. The van der Waals surface area contributed by atoms with Gasteiger partial charge in [0.05, 0.1) is 5.41 Å². The second kappa shape index (κ2) is 14.1. The molecule has 2 aliphatic carbocycles. The Morgan fingerprint density at radius 1 is 0.213 bits per heavy atom. The van der Waals surface area contributed by atoms with Crippen LogP contribution in [0.1, 0.15) is 22.3 Å². The van der Waals surface area contributed by atoms with E-state index in [1.54, 1.807) is 0 Å². The van der Waals surface area contributed by atoms with Crippen molar-refractivity contribution < 1.29 is 0 Å². The molecule has 284 valence electrons. The minimum Gasteiger partial charge on any atom is -0.208 e. The Bertz CT molecular complexity index is 3110. The van der Waals surface area contributed by atoms with Crippen molar-refractivity contribution in [2.75, 3.05) is 0 Å². The van der Waals surface area contributed by atoms with Crippen molar-refractivity contribution in [3.8, 4) is 89.8 Å². The molecular formula is C58H37N3. The van der Waals surface area contributed by atoms with Gasteiger partial charge < -0.3 is 0 Å². The predicted octanol–water partition coefficient (Wildman–Crippen LogP) is 14.2. The van der Waals surface area contributed by atoms with Crippen LogP contribution in [0.2, 0.25) is 0 Å². The van der Waals surface area contributed by atoms with Crippen molar-refractivity contribution >= 4 is 0 Å². The quantitative estimate of drug-likeness (QED) is 0.175. The lowest BCUT2D eigenvalue weighted by Gasteiger charge is -2.35. The van der Waals surface area contributed by atoms with Gasteiger partial charge in [0, 0.05) is 16.7 Å². The molecule has 61 heavy (non-hydrogen) atoms. The largest absolute Gasteiger partial charge is 0.208 e. The van der Waals surface area contributed by atoms with Gasteiger partial charge in [0.2, 0.25) is 0 Å². The third-order valence-electron chi connectivity index (χ3n) is 12.6. The summed E-state index contributed by atoms with van der Waals surface area (Å²) in [6.45, 7) is 0. The number of aromatic nitrogens is 3. The average molecular weight is 776 g/mol. The van der Waals surface area contributed by atoms with Crippen LogP contribution in [0.25, 0.3) is 89.8 Å². The van der Waals surface area contributed by atoms with E-state index in [0.717, 1.165) is 27.8 Å². The van der Waals surface area contributed by atoms with Crippen LogP contribution in [0, 0.1) is 0 Å². The molecule has 0 fully saturated rings. The monoisotopic (exact) mass is 775 g/mol. The number of fused-ring (bicyclic) bond motifs is 12. The molecule has 0 bridgehead atoms. The second-order valence-electron chi connectivity index (χ2n) is 15.9. The number of nitrogens with zero attached hydrogens (tertiary/aromatic N) is 3. The molecule has 0 unspecified atom stereocenters. The molecule has 3 nitrogen and oxygen atoms in total. The fraction of sp³-hybridized carbons (Fsp3) is 0.0172. The molecule has 0 saturated heterocycles. The van der Waals surface area contributed by atoms with Gasteiger partial charge in [-0.1, -0.05) is 218 Å². The van der Waals surface area contributed by atoms with Gasteiger partial charge in [0.25, 0.3) is 0 Å². The first kappa shape index (κ1) is 35.0. The summed E-state index contributed by atoms with van der Waals surface area (Å²) in [5, 5.41) is 0. The van der Waals surface area contributed by atoms with Gasteiger partial charge in [-0.3, -0.25) is 0 Å². The third kappa shape index (κ3) is 5.55. The van der Waals surface area contributed by atoms with Gasteiger partial charge in [-0.2, -0.15) is 0 Å². The van der Waals surface area contributed by atoms with Gasteiger partial charge in [0.15, 0.2) is 17.5 Å². The van der Waals surface area contributed by atoms with Crippen LogP contribution < -0.4 is 0 Å². The summed E-state index contributed by atoms with van der Waals surface area (Å²) in [5.41, 5.74) is 19.4. The predicted molar refractivity (Wildman–Crippen MR) is 249 cm³/mol. The lowest BCUT2D eigenvalue weighted by molar-refractivity contribution is 0.775. The normalized spacial score (nSPS) is 12.7. The number of hydrogen-bond donors (Lipinski definition) is 0. The highest BCUT2D eigenvalue weighted by molar-refractivity contribution is 5.97. The van der Waals surface area contributed by atoms with Crippen LogP contribution in [0.5, 0.6) is 0 Å². The number of benzene rings is 9. The molecule has 0 atom stereocenters. The van der Waals surface area contributed by atoms with Gasteiger partial charge in [-0.25, -0.2) is 15.0 Å². The third-order valence-corrected chi connectivity index (χ3v) is 12.6. The summed E-state index contributed by atoms with van der Waals surface area (Å²) in [4.78, 5) is 15.6. The number of rotatable bonds is 5. The van der Waals surface area contributed by atoms with E-state index in [-0.39, 0.29) is 0 Å². The summed E-state index contributed by atoms with van der Waals surface area (Å²) in [6.07, 6.45) is 0. The first-order valence-corrected chi connectivity index (χ1v) is 20.9. The van der Waals surface area contributed by atoms with Crippen LogP contribution in [0.4, 0.5) is 0 Å². The summed E-state index contributed by atoms with van der Waals surface area (Å²) in [7, 11) is 0. The van der Waals surface area contributed by atoms with E-state index in [1.807, 2.05) is 12.1 Å². The van der Waals surface area contributed by atoms with Crippen molar-refractivity contribution in [2.45, 2.75) is 5.41 Å². The van der Waals surface area contributed by atoms with Crippen molar-refractivity contribution in [3.05, 3.63) is 247 Å². The van der Waals surface area contributed by atoms with E-state index in [0.29, 0.717) is 17.5 Å². The maximum Gasteiger partial charge on any atom is 0.164 e. The first-order chi connectivity index (χ1) is 30.2. The molecule has 0 aliphatic heterocycles. The molecule has 12 rings (SSSR count). The molecule has 0 saturated carbocycles. The lowest BCUT2D eigenvalue weighted by atomic mass is 9.66. The Morgan fingerprint density at radius 2 is 0.508 bits per heavy atom. The van der Waals surface area contributed by atoms with Gasteiger partial charge >= 0.3 is 0 Å². The molecule has 10 aromatic rings. The summed E-state index contributed by atoms with van der Waals surface area (Å²) < 4.78 is 0. The fourth-order valence-corrected chi connectivity index (χ4v) is 9.84. The van der Waals surface area contributed by atoms with E-state index >= 15 is 0 Å². The topological polar surface area (TPSA) is 38.7 Å². The molecule has 9 aromatic carbocycles.